The molecule has 0 spiro atoms. The molecule has 8 heteroatoms. The quantitative estimate of drug-likeness (QED) is 0.364. The van der Waals surface area contributed by atoms with Gasteiger partial charge in [0.2, 0.25) is 0 Å². The zero-order valence-electron chi connectivity index (χ0n) is 19.5. The number of ether oxygens (including phenoxy) is 3. The van der Waals surface area contributed by atoms with E-state index in [0.717, 1.165) is 19.6 Å². The predicted octanol–water partition coefficient (Wildman–Crippen LogP) is 2.85. The Kier molecular flexibility index (Phi) is 7.49. The zero-order chi connectivity index (χ0) is 24.1. The number of ketones is 1. The Morgan fingerprint density at radius 3 is 2.38 bits per heavy atom. The van der Waals surface area contributed by atoms with E-state index in [4.69, 9.17) is 14.2 Å². The SMILES string of the molecule is COc1ccc(/C(O)=C2/C(=O)C(=O)N(CCCN3CCOCC3)C2c2ccccc2OC)cc1. The molecule has 34 heavy (non-hydrogen) atoms. The van der Waals surface area contributed by atoms with Gasteiger partial charge >= 0.3 is 0 Å². The first-order valence-electron chi connectivity index (χ1n) is 11.4. The molecule has 4 rings (SSSR count). The summed E-state index contributed by atoms with van der Waals surface area (Å²) in [6, 6.07) is 13.3. The maximum atomic E-state index is 13.2. The van der Waals surface area contributed by atoms with Crippen LogP contribution < -0.4 is 9.47 Å². The minimum Gasteiger partial charge on any atom is -0.507 e. The van der Waals surface area contributed by atoms with E-state index >= 15 is 0 Å². The van der Waals surface area contributed by atoms with Crippen molar-refractivity contribution in [2.24, 2.45) is 0 Å². The molecule has 2 fully saturated rings. The van der Waals surface area contributed by atoms with Gasteiger partial charge in [0, 0.05) is 37.3 Å². The highest BCUT2D eigenvalue weighted by Crippen LogP contribution is 2.42. The van der Waals surface area contributed by atoms with Crippen LogP contribution in [0.25, 0.3) is 5.76 Å². The minimum atomic E-state index is -0.747. The summed E-state index contributed by atoms with van der Waals surface area (Å²) in [5.74, 6) is -0.356. The average Bonchev–Trinajstić information content (AvgIpc) is 3.13. The third kappa shape index (κ3) is 4.78. The highest BCUT2D eigenvalue weighted by atomic mass is 16.5. The van der Waals surface area contributed by atoms with Crippen molar-refractivity contribution in [1.29, 1.82) is 0 Å². The summed E-state index contributed by atoms with van der Waals surface area (Å²) in [4.78, 5) is 30.2. The molecule has 1 atom stereocenters. The molecule has 180 valence electrons. The molecule has 2 aliphatic heterocycles. The molecule has 8 nitrogen and oxygen atoms in total. The fourth-order valence-corrected chi connectivity index (χ4v) is 4.52. The molecule has 0 saturated carbocycles. The molecule has 2 saturated heterocycles. The average molecular weight is 467 g/mol. The van der Waals surface area contributed by atoms with Gasteiger partial charge < -0.3 is 24.2 Å². The number of aliphatic hydroxyl groups excluding tert-OH is 1. The number of hydrogen-bond donors (Lipinski definition) is 1. The van der Waals surface area contributed by atoms with Crippen LogP contribution in [-0.4, -0.2) is 80.2 Å². The number of carbonyl (C=O) groups is 2. The topological polar surface area (TPSA) is 88.5 Å². The largest absolute Gasteiger partial charge is 0.507 e. The fourth-order valence-electron chi connectivity index (χ4n) is 4.52. The summed E-state index contributed by atoms with van der Waals surface area (Å²) in [5.41, 5.74) is 1.16. The second-order valence-electron chi connectivity index (χ2n) is 8.27. The monoisotopic (exact) mass is 466 g/mol. The lowest BCUT2D eigenvalue weighted by Gasteiger charge is -2.29. The van der Waals surface area contributed by atoms with Gasteiger partial charge in [0.1, 0.15) is 17.3 Å². The molecule has 2 aliphatic rings. The molecule has 0 bridgehead atoms. The maximum Gasteiger partial charge on any atom is 0.295 e. The van der Waals surface area contributed by atoms with Crippen LogP contribution in [0.5, 0.6) is 11.5 Å². The Hall–Kier alpha value is -3.36. The zero-order valence-corrected chi connectivity index (χ0v) is 19.5. The smallest absolute Gasteiger partial charge is 0.295 e. The number of aliphatic hydroxyl groups is 1. The van der Waals surface area contributed by atoms with Gasteiger partial charge in [-0.2, -0.15) is 0 Å². The molecule has 1 N–H and O–H groups in total. The third-order valence-electron chi connectivity index (χ3n) is 6.31. The van der Waals surface area contributed by atoms with Crippen LogP contribution >= 0.6 is 0 Å². The number of carbonyl (C=O) groups excluding carboxylic acids is 2. The van der Waals surface area contributed by atoms with Crippen LogP contribution in [0, 0.1) is 0 Å². The Bertz CT molecular complexity index is 1060. The first kappa shape index (κ1) is 23.8. The second-order valence-corrected chi connectivity index (χ2v) is 8.27. The lowest BCUT2D eigenvalue weighted by atomic mass is 9.94. The van der Waals surface area contributed by atoms with E-state index in [-0.39, 0.29) is 11.3 Å². The minimum absolute atomic E-state index is 0.0611. The normalized spacial score (nSPS) is 20.5. The number of benzene rings is 2. The van der Waals surface area contributed by atoms with E-state index in [0.29, 0.717) is 48.8 Å². The van der Waals surface area contributed by atoms with Gasteiger partial charge in [0.05, 0.1) is 39.0 Å². The van der Waals surface area contributed by atoms with Gasteiger partial charge in [-0.3, -0.25) is 14.5 Å². The first-order valence-corrected chi connectivity index (χ1v) is 11.4. The Morgan fingerprint density at radius 1 is 1.00 bits per heavy atom. The Labute approximate surface area is 199 Å². The van der Waals surface area contributed by atoms with Crippen LogP contribution in [0.1, 0.15) is 23.6 Å². The van der Waals surface area contributed by atoms with Crippen molar-refractivity contribution in [1.82, 2.24) is 9.80 Å². The van der Waals surface area contributed by atoms with Crippen LogP contribution in [0.3, 0.4) is 0 Å². The van der Waals surface area contributed by atoms with Gasteiger partial charge in [-0.25, -0.2) is 0 Å². The molecule has 2 heterocycles. The molecule has 0 aromatic heterocycles. The number of Topliss-reactive ketones (excluding diaryl/α,β-unsaturated/α-hetero) is 1. The first-order chi connectivity index (χ1) is 16.5. The summed E-state index contributed by atoms with van der Waals surface area (Å²) in [5, 5.41) is 11.2. The number of amides is 1. The van der Waals surface area contributed by atoms with E-state index in [1.165, 1.54) is 0 Å². The molecule has 1 unspecified atom stereocenters. The van der Waals surface area contributed by atoms with E-state index in [9.17, 15) is 14.7 Å². The van der Waals surface area contributed by atoms with Crippen molar-refractivity contribution in [2.75, 3.05) is 53.6 Å². The highest BCUT2D eigenvalue weighted by Gasteiger charge is 2.46. The van der Waals surface area contributed by atoms with Crippen molar-refractivity contribution in [3.05, 3.63) is 65.2 Å². The van der Waals surface area contributed by atoms with Crippen molar-refractivity contribution in [3.8, 4) is 11.5 Å². The van der Waals surface area contributed by atoms with Crippen LogP contribution in [0.15, 0.2) is 54.1 Å². The summed E-state index contributed by atoms with van der Waals surface area (Å²) >= 11 is 0. The molecular formula is C26H30N2O6. The van der Waals surface area contributed by atoms with Gasteiger partial charge in [-0.1, -0.05) is 18.2 Å². The standard InChI is InChI=1S/C26H30N2O6/c1-32-19-10-8-18(9-11-19)24(29)22-23(20-6-3-4-7-21(20)33-2)28(26(31)25(22)30)13-5-12-27-14-16-34-17-15-27/h3-4,6-11,23,29H,5,12-17H2,1-2H3/b24-22-. The van der Waals surface area contributed by atoms with E-state index < -0.39 is 17.7 Å². The number of likely N-dealkylation sites (tertiary alicyclic amines) is 1. The fraction of sp³-hybridized carbons (Fsp3) is 0.385. The lowest BCUT2D eigenvalue weighted by Crippen LogP contribution is -2.39. The van der Waals surface area contributed by atoms with Gasteiger partial charge in [0.25, 0.3) is 11.7 Å². The van der Waals surface area contributed by atoms with Gasteiger partial charge in [-0.15, -0.1) is 0 Å². The van der Waals surface area contributed by atoms with E-state index in [1.54, 1.807) is 49.5 Å². The molecular weight excluding hydrogens is 436 g/mol. The molecule has 1 amide bonds. The maximum absolute atomic E-state index is 13.2. The molecule has 0 aliphatic carbocycles. The van der Waals surface area contributed by atoms with E-state index in [2.05, 4.69) is 4.90 Å². The van der Waals surface area contributed by atoms with Crippen molar-refractivity contribution in [3.63, 3.8) is 0 Å². The number of morpholine rings is 1. The Balaban J connectivity index is 1.70. The second kappa shape index (κ2) is 10.7. The summed E-state index contributed by atoms with van der Waals surface area (Å²) in [7, 11) is 3.10. The third-order valence-corrected chi connectivity index (χ3v) is 6.31. The number of nitrogens with zero attached hydrogens (tertiary/aromatic N) is 2. The predicted molar refractivity (Wildman–Crippen MR) is 127 cm³/mol. The van der Waals surface area contributed by atoms with Gasteiger partial charge in [0.15, 0.2) is 0 Å². The number of hydrogen-bond acceptors (Lipinski definition) is 7. The highest BCUT2D eigenvalue weighted by molar-refractivity contribution is 6.46. The van der Waals surface area contributed by atoms with E-state index in [1.807, 2.05) is 18.2 Å². The van der Waals surface area contributed by atoms with Crippen LogP contribution in [-0.2, 0) is 14.3 Å². The van der Waals surface area contributed by atoms with Crippen LogP contribution in [0.2, 0.25) is 0 Å². The molecule has 2 aromatic carbocycles. The summed E-state index contributed by atoms with van der Waals surface area (Å²) in [6.07, 6.45) is 0.696. The molecule has 2 aromatic rings. The Morgan fingerprint density at radius 2 is 1.71 bits per heavy atom. The van der Waals surface area contributed by atoms with Gasteiger partial charge in [-0.05, 0) is 36.8 Å². The lowest BCUT2D eigenvalue weighted by molar-refractivity contribution is -0.140. The molecule has 0 radical (unpaired) electrons. The van der Waals surface area contributed by atoms with Crippen molar-refractivity contribution >= 4 is 17.4 Å². The number of rotatable bonds is 8. The number of methoxy groups -OCH3 is 2. The summed E-state index contributed by atoms with van der Waals surface area (Å²) in [6.45, 7) is 4.28. The number of para-hydroxylation sites is 1. The van der Waals surface area contributed by atoms with Crippen molar-refractivity contribution < 1.29 is 28.9 Å². The van der Waals surface area contributed by atoms with Crippen LogP contribution in [0.4, 0.5) is 0 Å². The summed E-state index contributed by atoms with van der Waals surface area (Å²) < 4.78 is 16.1. The van der Waals surface area contributed by atoms with Crippen molar-refractivity contribution in [2.45, 2.75) is 12.5 Å².